The summed E-state index contributed by atoms with van der Waals surface area (Å²) in [5.74, 6) is 0.458. The molecule has 254 valence electrons. The molecule has 0 aromatic heterocycles. The second-order valence-corrected chi connectivity index (χ2v) is 20.2. The van der Waals surface area contributed by atoms with Crippen molar-refractivity contribution < 1.29 is 24.2 Å². The fraction of sp³-hybridized carbons (Fsp3) is 0.350. The highest BCUT2D eigenvalue weighted by Crippen LogP contribution is 2.60. The standard InChI is InChI=1S/C40H43IN2O5Si/c1-26-38(49(3,4)33-18-16-32(47-2)17-19-33)36(22-37(45)42-24-29-12-6-5-11-28(29)21-31(42)25-44)48-40(26)34-14-7-8-15-35(34)43(39(40)46)23-27-10-9-13-30(41)20-27/h5-20,26,31,36,38,44H,21-25H2,1-4H3/t26-,31+,36+,38-,40+/m1/s1. The fourth-order valence-corrected chi connectivity index (χ4v) is 13.4. The van der Waals surface area contributed by atoms with Gasteiger partial charge in [0.15, 0.2) is 5.60 Å². The summed E-state index contributed by atoms with van der Waals surface area (Å²) in [4.78, 5) is 33.2. The molecule has 0 unspecified atom stereocenters. The SMILES string of the molecule is COc1ccc([Si](C)(C)[C@H]2[C@H](CC(=O)N3Cc4ccccc4C[C@H]3CO)O[C@@]3(C(=O)N(Cc4cccc(I)c4)c4ccccc43)[C@@H]2C)cc1. The van der Waals surface area contributed by atoms with Crippen LogP contribution in [0.5, 0.6) is 5.75 Å². The first-order valence-corrected chi connectivity index (χ1v) is 21.2. The Labute approximate surface area is 303 Å². The maximum Gasteiger partial charge on any atom is 0.264 e. The number of aliphatic hydroxyl groups is 1. The number of rotatable bonds is 8. The Hall–Kier alpha value is -3.51. The molecule has 4 aromatic rings. The van der Waals surface area contributed by atoms with Crippen LogP contribution in [0.3, 0.4) is 0 Å². The maximum absolute atomic E-state index is 15.0. The summed E-state index contributed by atoms with van der Waals surface area (Å²) in [5.41, 5.74) is 3.77. The van der Waals surface area contributed by atoms with Gasteiger partial charge in [0.25, 0.3) is 5.91 Å². The summed E-state index contributed by atoms with van der Waals surface area (Å²) in [6, 6.07) is 32.3. The third-order valence-electron chi connectivity index (χ3n) is 11.2. The van der Waals surface area contributed by atoms with E-state index in [2.05, 4.69) is 79.0 Å². The second-order valence-electron chi connectivity index (χ2n) is 14.2. The first-order valence-electron chi connectivity index (χ1n) is 17.0. The van der Waals surface area contributed by atoms with Gasteiger partial charge in [-0.05, 0) is 81.6 Å². The molecule has 7 nitrogen and oxygen atoms in total. The molecule has 0 bridgehead atoms. The minimum atomic E-state index is -2.43. The summed E-state index contributed by atoms with van der Waals surface area (Å²) in [6.07, 6.45) is 0.241. The minimum Gasteiger partial charge on any atom is -0.497 e. The predicted octanol–water partition coefficient (Wildman–Crippen LogP) is 6.40. The first kappa shape index (κ1) is 34.0. The number of hydrogen-bond acceptors (Lipinski definition) is 5. The number of methoxy groups -OCH3 is 1. The van der Waals surface area contributed by atoms with Crippen molar-refractivity contribution >= 4 is 53.4 Å². The van der Waals surface area contributed by atoms with Crippen LogP contribution in [-0.2, 0) is 39.4 Å². The van der Waals surface area contributed by atoms with Gasteiger partial charge in [-0.3, -0.25) is 9.59 Å². The molecule has 0 aliphatic carbocycles. The monoisotopic (exact) mass is 786 g/mol. The number of benzene rings is 4. The number of ether oxygens (including phenoxy) is 2. The van der Waals surface area contributed by atoms with E-state index in [1.54, 1.807) is 7.11 Å². The molecule has 0 saturated carbocycles. The number of carbonyl (C=O) groups is 2. The molecule has 0 radical (unpaired) electrons. The summed E-state index contributed by atoms with van der Waals surface area (Å²) >= 11 is 2.31. The van der Waals surface area contributed by atoms with E-state index in [-0.39, 0.29) is 42.3 Å². The van der Waals surface area contributed by atoms with E-state index >= 15 is 4.79 Å². The van der Waals surface area contributed by atoms with Crippen LogP contribution >= 0.6 is 22.6 Å². The summed E-state index contributed by atoms with van der Waals surface area (Å²) < 4.78 is 13.8. The van der Waals surface area contributed by atoms with Gasteiger partial charge in [0, 0.05) is 21.6 Å². The number of anilines is 1. The van der Waals surface area contributed by atoms with E-state index in [1.165, 1.54) is 10.8 Å². The van der Waals surface area contributed by atoms with Crippen molar-refractivity contribution in [2.45, 2.75) is 69.2 Å². The topological polar surface area (TPSA) is 79.3 Å². The minimum absolute atomic E-state index is 0.0539. The molecule has 7 rings (SSSR count). The second kappa shape index (κ2) is 13.3. The zero-order valence-electron chi connectivity index (χ0n) is 28.4. The molecule has 9 heteroatoms. The van der Waals surface area contributed by atoms with Gasteiger partial charge in [0.05, 0.1) is 52.6 Å². The molecule has 1 spiro atoms. The van der Waals surface area contributed by atoms with Crippen molar-refractivity contribution in [1.82, 2.24) is 4.90 Å². The normalized spacial score (nSPS) is 24.7. The lowest BCUT2D eigenvalue weighted by atomic mass is 9.82. The van der Waals surface area contributed by atoms with Crippen molar-refractivity contribution in [2.24, 2.45) is 5.92 Å². The van der Waals surface area contributed by atoms with Gasteiger partial charge >= 0.3 is 0 Å². The Balaban J connectivity index is 1.29. The molecule has 49 heavy (non-hydrogen) atoms. The largest absolute Gasteiger partial charge is 0.497 e. The zero-order valence-corrected chi connectivity index (χ0v) is 31.6. The van der Waals surface area contributed by atoms with Gasteiger partial charge in [0.1, 0.15) is 5.75 Å². The number of aliphatic hydroxyl groups excluding tert-OH is 1. The molecule has 1 fully saturated rings. The third-order valence-corrected chi connectivity index (χ3v) is 16.3. The van der Waals surface area contributed by atoms with Crippen molar-refractivity contribution in [3.63, 3.8) is 0 Å². The number of nitrogens with zero attached hydrogens (tertiary/aromatic N) is 2. The van der Waals surface area contributed by atoms with Gasteiger partial charge in [-0.2, -0.15) is 0 Å². The molecule has 2 amide bonds. The lowest BCUT2D eigenvalue weighted by Crippen LogP contribution is -2.52. The first-order chi connectivity index (χ1) is 23.6. The van der Waals surface area contributed by atoms with Crippen molar-refractivity contribution in [2.75, 3.05) is 18.6 Å². The molecule has 3 aliphatic heterocycles. The van der Waals surface area contributed by atoms with E-state index < -0.39 is 19.8 Å². The van der Waals surface area contributed by atoms with Crippen molar-refractivity contribution in [3.05, 3.63) is 123 Å². The van der Waals surface area contributed by atoms with Crippen molar-refractivity contribution in [3.8, 4) is 5.75 Å². The van der Waals surface area contributed by atoms with Gasteiger partial charge < -0.3 is 24.4 Å². The number of carbonyl (C=O) groups excluding carboxylic acids is 2. The average molecular weight is 787 g/mol. The summed E-state index contributed by atoms with van der Waals surface area (Å²) in [7, 11) is -0.762. The molecule has 3 aliphatic rings. The Kier molecular flexibility index (Phi) is 9.23. The Morgan fingerprint density at radius 3 is 2.43 bits per heavy atom. The molecular weight excluding hydrogens is 743 g/mol. The van der Waals surface area contributed by atoms with Gasteiger partial charge in [-0.15, -0.1) is 0 Å². The lowest BCUT2D eigenvalue weighted by Gasteiger charge is -2.39. The molecular formula is C40H43IN2O5Si. The number of para-hydroxylation sites is 1. The van der Waals surface area contributed by atoms with Crippen LogP contribution < -0.4 is 14.8 Å². The summed E-state index contributed by atoms with van der Waals surface area (Å²) in [5, 5.41) is 11.6. The van der Waals surface area contributed by atoms with E-state index in [1.807, 2.05) is 70.5 Å². The van der Waals surface area contributed by atoms with Crippen LogP contribution in [0.15, 0.2) is 97.1 Å². The van der Waals surface area contributed by atoms with Crippen LogP contribution in [0.25, 0.3) is 0 Å². The Morgan fingerprint density at radius 2 is 1.71 bits per heavy atom. The average Bonchev–Trinajstić information content (AvgIpc) is 3.53. The van der Waals surface area contributed by atoms with Gasteiger partial charge in [-0.25, -0.2) is 0 Å². The molecule has 3 heterocycles. The van der Waals surface area contributed by atoms with Crippen molar-refractivity contribution in [1.29, 1.82) is 0 Å². The van der Waals surface area contributed by atoms with Crippen LogP contribution in [0, 0.1) is 9.49 Å². The summed E-state index contributed by atoms with van der Waals surface area (Å²) in [6.45, 7) is 7.59. The van der Waals surface area contributed by atoms with E-state index in [0.717, 1.165) is 31.7 Å². The smallest absolute Gasteiger partial charge is 0.264 e. The maximum atomic E-state index is 15.0. The van der Waals surface area contributed by atoms with Crippen LogP contribution in [0.1, 0.15) is 35.6 Å². The Morgan fingerprint density at radius 1 is 1.00 bits per heavy atom. The molecule has 1 saturated heterocycles. The molecule has 4 aromatic carbocycles. The quantitative estimate of drug-likeness (QED) is 0.165. The molecule has 5 atom stereocenters. The number of amides is 2. The highest BCUT2D eigenvalue weighted by atomic mass is 127. The zero-order chi connectivity index (χ0) is 34.5. The Bertz CT molecular complexity index is 1880. The highest BCUT2D eigenvalue weighted by Gasteiger charge is 2.66. The molecule has 1 N–H and O–H groups in total. The van der Waals surface area contributed by atoms with Crippen LogP contribution in [0.4, 0.5) is 5.69 Å². The van der Waals surface area contributed by atoms with E-state index in [0.29, 0.717) is 19.5 Å². The van der Waals surface area contributed by atoms with Gasteiger partial charge in [-0.1, -0.05) is 91.9 Å². The van der Waals surface area contributed by atoms with E-state index in [9.17, 15) is 9.90 Å². The number of hydrogen-bond donors (Lipinski definition) is 1. The third kappa shape index (κ3) is 5.82. The fourth-order valence-electron chi connectivity index (χ4n) is 8.77. The van der Waals surface area contributed by atoms with Gasteiger partial charge in [0.2, 0.25) is 5.91 Å². The predicted molar refractivity (Wildman–Crippen MR) is 203 cm³/mol. The van der Waals surface area contributed by atoms with E-state index in [4.69, 9.17) is 9.47 Å². The van der Waals surface area contributed by atoms with Crippen LogP contribution in [0.2, 0.25) is 18.6 Å². The van der Waals surface area contributed by atoms with Crippen LogP contribution in [-0.4, -0.2) is 55.8 Å². The number of fused-ring (bicyclic) bond motifs is 3. The number of halogens is 1. The highest BCUT2D eigenvalue weighted by molar-refractivity contribution is 14.1. The lowest BCUT2D eigenvalue weighted by molar-refractivity contribution is -0.151.